The molecule has 1 N–H and O–H groups in total. The van der Waals surface area contributed by atoms with Gasteiger partial charge in [0.25, 0.3) is 5.91 Å². The van der Waals surface area contributed by atoms with Crippen LogP contribution >= 0.6 is 0 Å². The van der Waals surface area contributed by atoms with Crippen molar-refractivity contribution in [3.05, 3.63) is 35.4 Å². The van der Waals surface area contributed by atoms with Crippen LogP contribution in [0.25, 0.3) is 0 Å². The maximum absolute atomic E-state index is 12.4. The Kier molecular flexibility index (Phi) is 6.36. The number of hydrogen-bond donors (Lipinski definition) is 1. The summed E-state index contributed by atoms with van der Waals surface area (Å²) in [6.45, 7) is 4.39. The van der Waals surface area contributed by atoms with Crippen molar-refractivity contribution in [1.82, 2.24) is 4.90 Å². The number of hydrogen-bond acceptors (Lipinski definition) is 4. The molecule has 0 aliphatic heterocycles. The number of sulfone groups is 1. The Labute approximate surface area is 126 Å². The van der Waals surface area contributed by atoms with Gasteiger partial charge in [-0.2, -0.15) is 0 Å². The van der Waals surface area contributed by atoms with Gasteiger partial charge in [-0.25, -0.2) is 8.42 Å². The van der Waals surface area contributed by atoms with E-state index in [0.29, 0.717) is 24.1 Å². The molecule has 1 aromatic rings. The molecule has 0 saturated heterocycles. The molecule has 0 aromatic heterocycles. The summed E-state index contributed by atoms with van der Waals surface area (Å²) < 4.78 is 22.5. The van der Waals surface area contributed by atoms with Gasteiger partial charge in [-0.3, -0.25) is 4.79 Å². The normalized spacial score (nSPS) is 11.7. The van der Waals surface area contributed by atoms with Crippen LogP contribution in [0.5, 0.6) is 0 Å². The van der Waals surface area contributed by atoms with Crippen molar-refractivity contribution in [2.24, 2.45) is 0 Å². The number of carbonyl (C=O) groups excluding carboxylic acids is 1. The molecule has 1 amide bonds. The molecule has 1 rings (SSSR count). The summed E-state index contributed by atoms with van der Waals surface area (Å²) in [5, 5.41) is 8.90. The predicted molar refractivity (Wildman–Crippen MR) is 82.9 cm³/mol. The van der Waals surface area contributed by atoms with E-state index in [0.717, 1.165) is 0 Å². The van der Waals surface area contributed by atoms with Crippen molar-refractivity contribution in [2.75, 3.05) is 19.4 Å². The van der Waals surface area contributed by atoms with Crippen LogP contribution in [0.2, 0.25) is 0 Å². The van der Waals surface area contributed by atoms with Crippen molar-refractivity contribution >= 4 is 15.7 Å². The number of carbonyl (C=O) groups is 1. The van der Waals surface area contributed by atoms with Gasteiger partial charge in [0.05, 0.1) is 5.75 Å². The second-order valence-corrected chi connectivity index (χ2v) is 7.58. The maximum atomic E-state index is 12.4. The van der Waals surface area contributed by atoms with Gasteiger partial charge in [0.1, 0.15) is 0 Å². The molecule has 0 aliphatic rings. The first-order valence-corrected chi connectivity index (χ1v) is 8.99. The lowest BCUT2D eigenvalue weighted by Gasteiger charge is -2.26. The minimum atomic E-state index is -3.08. The van der Waals surface area contributed by atoms with Crippen LogP contribution < -0.4 is 0 Å². The first-order chi connectivity index (χ1) is 9.74. The highest BCUT2D eigenvalue weighted by atomic mass is 32.2. The summed E-state index contributed by atoms with van der Waals surface area (Å²) in [5.74, 6) is -0.135. The highest BCUT2D eigenvalue weighted by Crippen LogP contribution is 2.12. The zero-order chi connectivity index (χ0) is 16.0. The Hall–Kier alpha value is -1.40. The van der Waals surface area contributed by atoms with Crippen molar-refractivity contribution in [3.8, 4) is 0 Å². The number of aliphatic hydroxyl groups is 1. The van der Waals surface area contributed by atoms with Crippen LogP contribution in [0.4, 0.5) is 0 Å². The Bertz CT molecular complexity index is 564. The molecule has 0 fully saturated rings. The zero-order valence-corrected chi connectivity index (χ0v) is 13.6. The van der Waals surface area contributed by atoms with Gasteiger partial charge in [-0.05, 0) is 38.0 Å². The topological polar surface area (TPSA) is 74.7 Å². The molecule has 0 unspecified atom stereocenters. The van der Waals surface area contributed by atoms with Crippen LogP contribution in [-0.4, -0.2) is 49.8 Å². The predicted octanol–water partition coefficient (Wildman–Crippen LogP) is 1.46. The third-order valence-corrected chi connectivity index (χ3v) is 3.93. The lowest BCUT2D eigenvalue weighted by molar-refractivity contribution is 0.0693. The minimum Gasteiger partial charge on any atom is -0.396 e. The number of nitrogens with zero attached hydrogens (tertiary/aromatic N) is 1. The average molecular weight is 313 g/mol. The summed E-state index contributed by atoms with van der Waals surface area (Å²) in [7, 11) is -3.08. The molecule has 21 heavy (non-hydrogen) atoms. The molecule has 0 radical (unpaired) electrons. The van der Waals surface area contributed by atoms with E-state index in [1.165, 1.54) is 6.26 Å². The number of rotatable bonds is 7. The molecule has 1 aromatic carbocycles. The second kappa shape index (κ2) is 7.56. The van der Waals surface area contributed by atoms with Crippen molar-refractivity contribution in [3.63, 3.8) is 0 Å². The van der Waals surface area contributed by atoms with Crippen LogP contribution in [0.1, 0.15) is 36.2 Å². The Morgan fingerprint density at radius 1 is 1.24 bits per heavy atom. The lowest BCUT2D eigenvalue weighted by atomic mass is 10.1. The molecule has 5 nitrogen and oxygen atoms in total. The van der Waals surface area contributed by atoms with Crippen molar-refractivity contribution in [1.29, 1.82) is 0 Å². The molecule has 0 saturated carbocycles. The van der Waals surface area contributed by atoms with E-state index in [-0.39, 0.29) is 24.3 Å². The highest BCUT2D eigenvalue weighted by Gasteiger charge is 2.18. The van der Waals surface area contributed by atoms with E-state index >= 15 is 0 Å². The SMILES string of the molecule is CC(C)N(CCCO)C(=O)c1ccc(CS(C)(=O)=O)cc1. The van der Waals surface area contributed by atoms with Gasteiger partial charge < -0.3 is 10.0 Å². The van der Waals surface area contributed by atoms with Gasteiger partial charge in [0.2, 0.25) is 0 Å². The standard InChI is InChI=1S/C15H23NO4S/c1-12(2)16(9-4-10-17)15(18)14-7-5-13(6-8-14)11-21(3,19)20/h5-8,12,17H,4,9-11H2,1-3H3. The molecular formula is C15H23NO4S. The van der Waals surface area contributed by atoms with Gasteiger partial charge in [-0.1, -0.05) is 12.1 Å². The molecule has 118 valence electrons. The minimum absolute atomic E-state index is 0.0279. The summed E-state index contributed by atoms with van der Waals surface area (Å²) >= 11 is 0. The fraction of sp³-hybridized carbons (Fsp3) is 0.533. The van der Waals surface area contributed by atoms with E-state index in [1.807, 2.05) is 13.8 Å². The molecule has 6 heteroatoms. The van der Waals surface area contributed by atoms with Gasteiger partial charge >= 0.3 is 0 Å². The highest BCUT2D eigenvalue weighted by molar-refractivity contribution is 7.89. The van der Waals surface area contributed by atoms with Crippen molar-refractivity contribution in [2.45, 2.75) is 32.1 Å². The van der Waals surface area contributed by atoms with Gasteiger partial charge in [0, 0.05) is 31.0 Å². The van der Waals surface area contributed by atoms with E-state index in [9.17, 15) is 13.2 Å². The van der Waals surface area contributed by atoms with E-state index in [2.05, 4.69) is 0 Å². The lowest BCUT2D eigenvalue weighted by Crippen LogP contribution is -2.38. The molecule has 0 aliphatic carbocycles. The fourth-order valence-electron chi connectivity index (χ4n) is 2.05. The van der Waals surface area contributed by atoms with Crippen molar-refractivity contribution < 1.29 is 18.3 Å². The maximum Gasteiger partial charge on any atom is 0.254 e. The average Bonchev–Trinajstić information content (AvgIpc) is 2.37. The van der Waals surface area contributed by atoms with Crippen LogP contribution in [0, 0.1) is 0 Å². The van der Waals surface area contributed by atoms with Gasteiger partial charge in [0.15, 0.2) is 9.84 Å². The Morgan fingerprint density at radius 2 is 1.81 bits per heavy atom. The fourth-order valence-corrected chi connectivity index (χ4v) is 2.85. The second-order valence-electron chi connectivity index (χ2n) is 5.44. The Morgan fingerprint density at radius 3 is 2.24 bits per heavy atom. The first kappa shape index (κ1) is 17.7. The first-order valence-electron chi connectivity index (χ1n) is 6.93. The van der Waals surface area contributed by atoms with Crippen LogP contribution in [0.3, 0.4) is 0 Å². The molecule has 0 spiro atoms. The number of amides is 1. The summed E-state index contributed by atoms with van der Waals surface area (Å²) in [6.07, 6.45) is 1.72. The number of aliphatic hydroxyl groups excluding tert-OH is 1. The van der Waals surface area contributed by atoms with Gasteiger partial charge in [-0.15, -0.1) is 0 Å². The number of benzene rings is 1. The third kappa shape index (κ3) is 5.85. The molecule has 0 heterocycles. The van der Waals surface area contributed by atoms with Crippen LogP contribution in [0.15, 0.2) is 24.3 Å². The monoisotopic (exact) mass is 313 g/mol. The Balaban J connectivity index is 2.86. The summed E-state index contributed by atoms with van der Waals surface area (Å²) in [4.78, 5) is 14.1. The summed E-state index contributed by atoms with van der Waals surface area (Å²) in [5.41, 5.74) is 1.19. The summed E-state index contributed by atoms with van der Waals surface area (Å²) in [6, 6.07) is 6.67. The largest absolute Gasteiger partial charge is 0.396 e. The van der Waals surface area contributed by atoms with E-state index < -0.39 is 9.84 Å². The molecular weight excluding hydrogens is 290 g/mol. The molecule has 0 atom stereocenters. The third-order valence-electron chi connectivity index (χ3n) is 3.07. The van der Waals surface area contributed by atoms with Crippen LogP contribution in [-0.2, 0) is 15.6 Å². The molecule has 0 bridgehead atoms. The van der Waals surface area contributed by atoms with E-state index in [4.69, 9.17) is 5.11 Å². The quantitative estimate of drug-likeness (QED) is 0.827. The van der Waals surface area contributed by atoms with E-state index in [1.54, 1.807) is 29.2 Å². The zero-order valence-electron chi connectivity index (χ0n) is 12.7. The smallest absolute Gasteiger partial charge is 0.254 e.